The van der Waals surface area contributed by atoms with Crippen LogP contribution in [0.25, 0.3) is 0 Å². The van der Waals surface area contributed by atoms with Crippen molar-refractivity contribution in [2.24, 2.45) is 4.36 Å². The fraction of sp³-hybridized carbons (Fsp3) is 0.333. The molecule has 1 aromatic heterocycles. The Kier molecular flexibility index (Phi) is 5.39. The van der Waals surface area contributed by atoms with Crippen molar-refractivity contribution in [1.29, 1.82) is 0 Å². The molecule has 1 saturated heterocycles. The van der Waals surface area contributed by atoms with E-state index in [9.17, 15) is 9.00 Å². The molecule has 0 bridgehead atoms. The summed E-state index contributed by atoms with van der Waals surface area (Å²) in [6.45, 7) is 2.25. The molecule has 132 valence electrons. The Morgan fingerprint density at radius 1 is 1.32 bits per heavy atom. The van der Waals surface area contributed by atoms with Crippen molar-refractivity contribution in [3.05, 3.63) is 58.4 Å². The standard InChI is InChI=1S/C18H20ClN3O2S/c1-13-9-16(17(19)20-11-13)18(23)22-15-6-4-5-14(10-15)12-21-25(24)7-2-3-8-25/h4-6,9-11H,2-3,7-8,12H2,1H3,(H,22,23). The van der Waals surface area contributed by atoms with E-state index in [2.05, 4.69) is 14.7 Å². The molecule has 2 aromatic rings. The van der Waals surface area contributed by atoms with Crippen LogP contribution in [0.5, 0.6) is 0 Å². The van der Waals surface area contributed by atoms with Crippen LogP contribution in [0.2, 0.25) is 5.15 Å². The summed E-state index contributed by atoms with van der Waals surface area (Å²) in [5.41, 5.74) is 2.77. The highest BCUT2D eigenvalue weighted by atomic mass is 35.5. The van der Waals surface area contributed by atoms with Gasteiger partial charge in [-0.15, -0.1) is 0 Å². The van der Waals surface area contributed by atoms with Crippen LogP contribution in [-0.4, -0.2) is 26.6 Å². The summed E-state index contributed by atoms with van der Waals surface area (Å²) in [5, 5.41) is 3.00. The van der Waals surface area contributed by atoms with Crippen molar-refractivity contribution in [3.8, 4) is 0 Å². The molecule has 1 amide bonds. The molecule has 0 aliphatic carbocycles. The van der Waals surface area contributed by atoms with Gasteiger partial charge in [-0.25, -0.2) is 13.6 Å². The molecule has 0 unspecified atom stereocenters. The third kappa shape index (κ3) is 4.58. The van der Waals surface area contributed by atoms with Gasteiger partial charge in [-0.3, -0.25) is 4.79 Å². The molecule has 25 heavy (non-hydrogen) atoms. The zero-order valence-corrected chi connectivity index (χ0v) is 15.6. The molecule has 0 spiro atoms. The number of anilines is 1. The minimum Gasteiger partial charge on any atom is -0.322 e. The van der Waals surface area contributed by atoms with Crippen LogP contribution in [-0.2, 0) is 16.3 Å². The highest BCUT2D eigenvalue weighted by Gasteiger charge is 2.16. The molecule has 1 fully saturated rings. The summed E-state index contributed by atoms with van der Waals surface area (Å²) < 4.78 is 16.8. The summed E-state index contributed by atoms with van der Waals surface area (Å²) in [5.74, 6) is 1.09. The second kappa shape index (κ2) is 7.54. The van der Waals surface area contributed by atoms with Gasteiger partial charge in [-0.1, -0.05) is 23.7 Å². The minimum absolute atomic E-state index is 0.174. The quantitative estimate of drug-likeness (QED) is 0.817. The lowest BCUT2D eigenvalue weighted by atomic mass is 10.2. The van der Waals surface area contributed by atoms with Gasteiger partial charge in [0, 0.05) is 33.1 Å². The Morgan fingerprint density at radius 3 is 2.84 bits per heavy atom. The van der Waals surface area contributed by atoms with Gasteiger partial charge in [0.1, 0.15) is 5.15 Å². The summed E-state index contributed by atoms with van der Waals surface area (Å²) in [6, 6.07) is 9.11. The zero-order chi connectivity index (χ0) is 17.9. The fourth-order valence-corrected chi connectivity index (χ4v) is 5.08. The largest absolute Gasteiger partial charge is 0.322 e. The number of aryl methyl sites for hydroxylation is 1. The van der Waals surface area contributed by atoms with Gasteiger partial charge in [-0.05, 0) is 49.1 Å². The van der Waals surface area contributed by atoms with E-state index in [4.69, 9.17) is 11.6 Å². The van der Waals surface area contributed by atoms with E-state index in [1.807, 2.05) is 25.1 Å². The van der Waals surface area contributed by atoms with Crippen molar-refractivity contribution in [3.63, 3.8) is 0 Å². The van der Waals surface area contributed by atoms with Crippen molar-refractivity contribution in [1.82, 2.24) is 4.98 Å². The smallest absolute Gasteiger partial charge is 0.258 e. The Bertz CT molecular complexity index is 908. The van der Waals surface area contributed by atoms with Crippen LogP contribution in [0.15, 0.2) is 40.9 Å². The fourth-order valence-electron chi connectivity index (χ4n) is 2.74. The first-order valence-corrected chi connectivity index (χ1v) is 10.4. The van der Waals surface area contributed by atoms with Gasteiger partial charge in [0.25, 0.3) is 5.91 Å². The molecule has 3 rings (SSSR count). The third-order valence-corrected chi connectivity index (χ3v) is 6.82. The Hall–Kier alpha value is -1.92. The van der Waals surface area contributed by atoms with E-state index in [1.165, 1.54) is 0 Å². The van der Waals surface area contributed by atoms with Crippen LogP contribution >= 0.6 is 11.6 Å². The van der Waals surface area contributed by atoms with Crippen molar-refractivity contribution in [2.75, 3.05) is 16.8 Å². The highest BCUT2D eigenvalue weighted by molar-refractivity contribution is 7.93. The molecule has 1 aliphatic heterocycles. The number of carbonyl (C=O) groups is 1. The predicted molar refractivity (Wildman–Crippen MR) is 102 cm³/mol. The van der Waals surface area contributed by atoms with E-state index in [0.29, 0.717) is 29.3 Å². The monoisotopic (exact) mass is 377 g/mol. The Labute approximate surface area is 153 Å². The lowest BCUT2D eigenvalue weighted by Gasteiger charge is -2.08. The number of carbonyl (C=O) groups excluding carboxylic acids is 1. The number of hydrogen-bond acceptors (Lipinski definition) is 4. The number of benzene rings is 1. The maximum Gasteiger partial charge on any atom is 0.258 e. The first kappa shape index (κ1) is 17.9. The lowest BCUT2D eigenvalue weighted by molar-refractivity contribution is 0.102. The molecule has 5 nitrogen and oxygen atoms in total. The van der Waals surface area contributed by atoms with E-state index in [-0.39, 0.29) is 11.1 Å². The summed E-state index contributed by atoms with van der Waals surface area (Å²) in [7, 11) is -2.03. The van der Waals surface area contributed by atoms with Gasteiger partial charge in [0.05, 0.1) is 12.1 Å². The first-order valence-electron chi connectivity index (χ1n) is 8.16. The molecule has 1 N–H and O–H groups in total. The van der Waals surface area contributed by atoms with Gasteiger partial charge < -0.3 is 5.32 Å². The molecule has 0 saturated carbocycles. The third-order valence-electron chi connectivity index (χ3n) is 4.06. The highest BCUT2D eigenvalue weighted by Crippen LogP contribution is 2.19. The van der Waals surface area contributed by atoms with E-state index < -0.39 is 9.73 Å². The number of amides is 1. The number of nitrogens with one attached hydrogen (secondary N) is 1. The first-order chi connectivity index (χ1) is 12.0. The molecule has 1 aromatic carbocycles. The van der Waals surface area contributed by atoms with E-state index in [0.717, 1.165) is 24.0 Å². The molecule has 0 atom stereocenters. The van der Waals surface area contributed by atoms with Gasteiger partial charge in [0.2, 0.25) is 0 Å². The maximum atomic E-state index is 12.4. The second-order valence-electron chi connectivity index (χ2n) is 6.18. The van der Waals surface area contributed by atoms with E-state index >= 15 is 0 Å². The van der Waals surface area contributed by atoms with Crippen LogP contribution in [0.4, 0.5) is 5.69 Å². The van der Waals surface area contributed by atoms with Gasteiger partial charge in [0.15, 0.2) is 0 Å². The molecule has 1 aliphatic rings. The molecule has 2 heterocycles. The molecule has 7 heteroatoms. The summed E-state index contributed by atoms with van der Waals surface area (Å²) in [4.78, 5) is 16.4. The Morgan fingerprint density at radius 2 is 2.08 bits per heavy atom. The number of aromatic nitrogens is 1. The van der Waals surface area contributed by atoms with Crippen molar-refractivity contribution < 1.29 is 9.00 Å². The second-order valence-corrected chi connectivity index (χ2v) is 9.16. The van der Waals surface area contributed by atoms with Crippen LogP contribution in [0.3, 0.4) is 0 Å². The number of pyridine rings is 1. The number of nitrogens with zero attached hydrogens (tertiary/aromatic N) is 2. The normalized spacial score (nSPS) is 15.8. The average Bonchev–Trinajstić information content (AvgIpc) is 3.03. The lowest BCUT2D eigenvalue weighted by Crippen LogP contribution is -2.13. The molecular weight excluding hydrogens is 358 g/mol. The summed E-state index contributed by atoms with van der Waals surface area (Å²) in [6.07, 6.45) is 3.60. The topological polar surface area (TPSA) is 71.4 Å². The molecule has 0 radical (unpaired) electrons. The maximum absolute atomic E-state index is 12.4. The van der Waals surface area contributed by atoms with Crippen LogP contribution < -0.4 is 5.32 Å². The van der Waals surface area contributed by atoms with E-state index in [1.54, 1.807) is 18.3 Å². The van der Waals surface area contributed by atoms with Gasteiger partial charge >= 0.3 is 0 Å². The Balaban J connectivity index is 1.74. The van der Waals surface area contributed by atoms with Crippen LogP contribution in [0.1, 0.15) is 34.3 Å². The average molecular weight is 378 g/mol. The molecular formula is C18H20ClN3O2S. The SMILES string of the molecule is Cc1cnc(Cl)c(C(=O)Nc2cccc(CN=S3(=O)CCCC3)c2)c1. The van der Waals surface area contributed by atoms with Crippen LogP contribution in [0, 0.1) is 6.92 Å². The number of hydrogen-bond donors (Lipinski definition) is 1. The number of rotatable bonds is 4. The van der Waals surface area contributed by atoms with Gasteiger partial charge in [-0.2, -0.15) is 0 Å². The predicted octanol–water partition coefficient (Wildman–Crippen LogP) is 4.06. The van der Waals surface area contributed by atoms with Crippen molar-refractivity contribution in [2.45, 2.75) is 26.3 Å². The summed E-state index contributed by atoms with van der Waals surface area (Å²) >= 11 is 6.01. The minimum atomic E-state index is -2.03. The van der Waals surface area contributed by atoms with Crippen molar-refractivity contribution >= 4 is 32.9 Å². The zero-order valence-electron chi connectivity index (χ0n) is 14.0. The number of halogens is 1.